The molecule has 0 aliphatic carbocycles. The normalized spacial score (nSPS) is 28.1. The summed E-state index contributed by atoms with van der Waals surface area (Å²) in [6.07, 6.45) is 4.25. The van der Waals surface area contributed by atoms with Gasteiger partial charge in [-0.15, -0.1) is 0 Å². The first kappa shape index (κ1) is 85.8. The van der Waals surface area contributed by atoms with E-state index in [2.05, 4.69) is 26.2 Å². The second kappa shape index (κ2) is 40.0. The summed E-state index contributed by atoms with van der Waals surface area (Å²) in [5.74, 6) is -10.4. The minimum Gasteiger partial charge on any atom is -0.390 e. The molecule has 2 rings (SSSR count). The minimum atomic E-state index is -1.64. The van der Waals surface area contributed by atoms with E-state index in [0.717, 1.165) is 29.3 Å². The molecule has 0 spiro atoms. The molecule has 2 saturated heterocycles. The molecule has 0 aromatic rings. The van der Waals surface area contributed by atoms with Crippen LogP contribution in [0.3, 0.4) is 0 Å². The number of rotatable bonds is 21. The van der Waals surface area contributed by atoms with Crippen LogP contribution in [0.4, 0.5) is 0 Å². The molecule has 2 aliphatic heterocycles. The van der Waals surface area contributed by atoms with Gasteiger partial charge >= 0.3 is 0 Å². The Kier molecular flexibility index (Phi) is 35.7. The third-order valence-electron chi connectivity index (χ3n) is 19.1. The van der Waals surface area contributed by atoms with Gasteiger partial charge in [-0.2, -0.15) is 0 Å². The van der Waals surface area contributed by atoms with Gasteiger partial charge in [-0.05, 0) is 108 Å². The number of aliphatic hydroxyl groups is 1. The van der Waals surface area contributed by atoms with E-state index in [1.165, 1.54) is 94.6 Å². The van der Waals surface area contributed by atoms with Crippen molar-refractivity contribution in [3.63, 3.8) is 0 Å². The molecule has 26 heteroatoms. The van der Waals surface area contributed by atoms with E-state index in [-0.39, 0.29) is 56.1 Å². The molecular weight excluding hydrogens is 1230 g/mol. The lowest BCUT2D eigenvalue weighted by atomic mass is 9.91. The van der Waals surface area contributed by atoms with Gasteiger partial charge in [0.2, 0.25) is 65.0 Å². The lowest BCUT2D eigenvalue weighted by Crippen LogP contribution is -2.64. The Labute approximate surface area is 574 Å². The average molecular weight is 1360 g/mol. The first-order valence-corrected chi connectivity index (χ1v) is 34.9. The monoisotopic (exact) mass is 1360 g/mol. The van der Waals surface area contributed by atoms with Gasteiger partial charge in [-0.1, -0.05) is 102 Å². The second-order valence-electron chi connectivity index (χ2n) is 29.1. The molecule has 2 heterocycles. The standard InChI is InChI=1S/C70H126N12O14/c1-26-28-29-45(13)59(83)58-63(87)73-51(27-2)66(90)75(18)49(17)65(89)80(23)57(46(14)39-96-35-34-82-33-32-50(38-82)95-25)62(86)74-55(43(9)10)69(93)76(19)52(31-30-40(3)4)61(85)71-47(15)60(84)72-48(16)64(88)77(20)53(36-41(5)6)67(91)78(21)54(37-42(7)8)68(92)79(22)56(44(11)12)70(94)81(58)24/h26,28,40-59,83H,27,29-39H2,1-25H3,(H,71,85)(H,72,84)(H,73,87)(H,74,86)/b28-26+/t45-,46-,47+,48-,49-,50+,51+,52+,53+,54+,55+,56+,57+,58+,59-/m1/s1. The molecule has 0 radical (unpaired) electrons. The summed E-state index contributed by atoms with van der Waals surface area (Å²) in [4.78, 5) is 174. The average Bonchev–Trinajstić information content (AvgIpc) is 0.873. The van der Waals surface area contributed by atoms with Crippen molar-refractivity contribution >= 4 is 65.0 Å². The zero-order valence-corrected chi connectivity index (χ0v) is 63.0. The molecule has 11 amide bonds. The van der Waals surface area contributed by atoms with Crippen LogP contribution in [0.5, 0.6) is 0 Å². The molecule has 2 aliphatic rings. The fraction of sp³-hybridized carbons (Fsp3) is 0.814. The molecule has 96 heavy (non-hydrogen) atoms. The third kappa shape index (κ3) is 23.7. The summed E-state index contributed by atoms with van der Waals surface area (Å²) in [5, 5.41) is 23.4. The quantitative estimate of drug-likeness (QED) is 0.0813. The predicted octanol–water partition coefficient (Wildman–Crippen LogP) is 3.37. The molecule has 26 nitrogen and oxygen atoms in total. The number of ether oxygens (including phenoxy) is 2. The van der Waals surface area contributed by atoms with Gasteiger partial charge in [0.05, 0.1) is 25.4 Å². The van der Waals surface area contributed by atoms with Crippen LogP contribution in [0.1, 0.15) is 163 Å². The molecule has 5 N–H and O–H groups in total. The zero-order chi connectivity index (χ0) is 73.7. The number of nitrogens with zero attached hydrogens (tertiary/aromatic N) is 8. The number of aliphatic hydroxyl groups excluding tert-OH is 1. The summed E-state index contributed by atoms with van der Waals surface area (Å²) < 4.78 is 11.7. The van der Waals surface area contributed by atoms with E-state index in [1.807, 2.05) is 47.6 Å². The molecular formula is C70H126N12O14. The van der Waals surface area contributed by atoms with E-state index in [1.54, 1.807) is 68.6 Å². The fourth-order valence-corrected chi connectivity index (χ4v) is 12.7. The Bertz CT molecular complexity index is 2620. The fourth-order valence-electron chi connectivity index (χ4n) is 12.7. The summed E-state index contributed by atoms with van der Waals surface area (Å²) in [7, 11) is 11.6. The second-order valence-corrected chi connectivity index (χ2v) is 29.1. The largest absolute Gasteiger partial charge is 0.390 e. The molecule has 550 valence electrons. The number of hydrogen-bond acceptors (Lipinski definition) is 15. The van der Waals surface area contributed by atoms with Gasteiger partial charge in [0.15, 0.2) is 0 Å². The van der Waals surface area contributed by atoms with Crippen molar-refractivity contribution in [3.8, 4) is 0 Å². The number of amides is 11. The zero-order valence-electron chi connectivity index (χ0n) is 63.0. The highest BCUT2D eigenvalue weighted by molar-refractivity contribution is 6.00. The van der Waals surface area contributed by atoms with Gasteiger partial charge in [0, 0.05) is 82.0 Å². The Morgan fingerprint density at radius 1 is 0.542 bits per heavy atom. The van der Waals surface area contributed by atoms with Crippen LogP contribution in [0, 0.1) is 41.4 Å². The third-order valence-corrected chi connectivity index (χ3v) is 19.1. The van der Waals surface area contributed by atoms with Crippen LogP contribution in [0.2, 0.25) is 0 Å². The van der Waals surface area contributed by atoms with Gasteiger partial charge in [-0.25, -0.2) is 0 Å². The number of nitrogens with one attached hydrogen (secondary N) is 4. The van der Waals surface area contributed by atoms with Gasteiger partial charge in [0.25, 0.3) is 0 Å². The van der Waals surface area contributed by atoms with Crippen molar-refractivity contribution in [2.24, 2.45) is 41.4 Å². The van der Waals surface area contributed by atoms with E-state index in [9.17, 15) is 29.1 Å². The highest BCUT2D eigenvalue weighted by Gasteiger charge is 2.46. The van der Waals surface area contributed by atoms with Crippen LogP contribution < -0.4 is 21.3 Å². The number of methoxy groups -OCH3 is 1. The van der Waals surface area contributed by atoms with Gasteiger partial charge < -0.3 is 70.1 Å². The number of likely N-dealkylation sites (tertiary alicyclic amines) is 1. The summed E-state index contributed by atoms with van der Waals surface area (Å²) in [5.41, 5.74) is 0. The molecule has 2 fully saturated rings. The number of carbonyl (C=O) groups is 11. The highest BCUT2D eigenvalue weighted by Crippen LogP contribution is 2.26. The number of likely N-dealkylation sites (N-methyl/N-ethyl adjacent to an activating group) is 7. The number of carbonyl (C=O) groups excluding carboxylic acids is 11. The summed E-state index contributed by atoms with van der Waals surface area (Å²) >= 11 is 0. The number of allylic oxidation sites excluding steroid dienone is 2. The van der Waals surface area contributed by atoms with E-state index < -0.39 is 161 Å². The van der Waals surface area contributed by atoms with Crippen molar-refractivity contribution in [1.82, 2.24) is 60.5 Å². The Morgan fingerprint density at radius 3 is 1.55 bits per heavy atom. The summed E-state index contributed by atoms with van der Waals surface area (Å²) in [6.45, 7) is 32.0. The Hall–Kier alpha value is -6.25. The van der Waals surface area contributed by atoms with Crippen molar-refractivity contribution < 1.29 is 67.3 Å². The molecule has 0 unspecified atom stereocenters. The SMILES string of the molecule is C/C=C/C[C@@H](C)[C@@H](O)[C@H]1C(=O)N[C@@H](CC)C(=O)N(C)[C@H](C)C(=O)N(C)[C@@H]([C@H](C)COCCN2CC[C@H](OC)C2)C(=O)N[C@@H](C(C)C)C(=O)N(C)[C@@H](CCC(C)C)C(=O)N[C@@H](C)C(=O)N[C@H](C)C(=O)N(C)[C@@H](CC(C)C)C(=O)N(C)[C@@H](CC(C)C)C(=O)N(C)[C@@H](C(C)C)C(=O)N1C. The van der Waals surface area contributed by atoms with Crippen molar-refractivity contribution in [1.29, 1.82) is 0 Å². The van der Waals surface area contributed by atoms with E-state index in [4.69, 9.17) is 9.47 Å². The maximum atomic E-state index is 15.3. The molecule has 0 aromatic heterocycles. The van der Waals surface area contributed by atoms with Crippen LogP contribution in [-0.4, -0.2) is 277 Å². The van der Waals surface area contributed by atoms with Gasteiger partial charge in [-0.3, -0.25) is 57.6 Å². The minimum absolute atomic E-state index is 0.00641. The first-order valence-electron chi connectivity index (χ1n) is 34.9. The smallest absolute Gasteiger partial charge is 0.246 e. The van der Waals surface area contributed by atoms with Crippen molar-refractivity contribution in [2.75, 3.05) is 89.3 Å². The van der Waals surface area contributed by atoms with Crippen molar-refractivity contribution in [2.45, 2.75) is 241 Å². The van der Waals surface area contributed by atoms with E-state index >= 15 is 28.8 Å². The first-order chi connectivity index (χ1) is 44.6. The molecule has 0 aromatic carbocycles. The molecule has 15 atom stereocenters. The Balaban J connectivity index is 3.03. The lowest BCUT2D eigenvalue weighted by Gasteiger charge is -2.41. The maximum absolute atomic E-state index is 15.3. The molecule has 0 bridgehead atoms. The van der Waals surface area contributed by atoms with Crippen LogP contribution in [0.25, 0.3) is 0 Å². The van der Waals surface area contributed by atoms with Crippen molar-refractivity contribution in [3.05, 3.63) is 12.2 Å². The number of hydrogen-bond donors (Lipinski definition) is 5. The van der Waals surface area contributed by atoms with E-state index in [0.29, 0.717) is 26.0 Å². The van der Waals surface area contributed by atoms with Crippen LogP contribution in [0.15, 0.2) is 12.2 Å². The lowest BCUT2D eigenvalue weighted by molar-refractivity contribution is -0.157. The topological polar surface area (TPSA) is 300 Å². The van der Waals surface area contributed by atoms with Crippen LogP contribution in [-0.2, 0) is 62.2 Å². The molecule has 0 saturated carbocycles. The van der Waals surface area contributed by atoms with Gasteiger partial charge in [0.1, 0.15) is 66.5 Å². The summed E-state index contributed by atoms with van der Waals surface area (Å²) in [6, 6.07) is -14.0. The Morgan fingerprint density at radius 2 is 1.05 bits per heavy atom. The van der Waals surface area contributed by atoms with Crippen LogP contribution >= 0.6 is 0 Å². The predicted molar refractivity (Wildman–Crippen MR) is 370 cm³/mol. The maximum Gasteiger partial charge on any atom is 0.246 e. The highest BCUT2D eigenvalue weighted by atomic mass is 16.5.